The number of pyridine rings is 1. The van der Waals surface area contributed by atoms with E-state index in [0.29, 0.717) is 4.68 Å². The van der Waals surface area contributed by atoms with E-state index in [1.165, 1.54) is 6.07 Å². The number of rotatable bonds is 2. The molecule has 0 aromatic carbocycles. The molecule has 3 aromatic rings. The third kappa shape index (κ3) is 1.83. The fraction of sp³-hybridized carbons (Fsp3) is 0.100. The van der Waals surface area contributed by atoms with Crippen LogP contribution >= 0.6 is 11.6 Å². The number of H-pyrrole nitrogens is 1. The number of fused-ring (bicyclic) bond motifs is 1. The number of halogens is 3. The Balaban J connectivity index is 2.30. The van der Waals surface area contributed by atoms with Gasteiger partial charge in [0.25, 0.3) is 0 Å². The molecule has 0 fully saturated rings. The topological polar surface area (TPSA) is 94.5 Å². The van der Waals surface area contributed by atoms with Crippen molar-refractivity contribution >= 4 is 28.5 Å². The molecule has 0 bridgehead atoms. The summed E-state index contributed by atoms with van der Waals surface area (Å²) in [5, 5.41) is 3.55. The number of hydrogen-bond acceptors (Lipinski definition) is 4. The van der Waals surface area contributed by atoms with E-state index >= 15 is 0 Å². The predicted octanol–water partition coefficient (Wildman–Crippen LogP) is 1.54. The summed E-state index contributed by atoms with van der Waals surface area (Å²) >= 11 is 5.79. The van der Waals surface area contributed by atoms with E-state index in [1.54, 1.807) is 0 Å². The van der Waals surface area contributed by atoms with Crippen LogP contribution in [0.5, 0.6) is 0 Å². The summed E-state index contributed by atoms with van der Waals surface area (Å²) < 4.78 is 26.5. The lowest BCUT2D eigenvalue weighted by atomic mass is 10.4. The summed E-state index contributed by atoms with van der Waals surface area (Å²) in [4.78, 5) is 18.4. The standard InChI is InChI=1S/C10H7ClF2N6O/c11-6-1-5(14)7-8(16-6)19(10(20)17-7)4-2-15-18(3-4)9(12)13/h1-3,9H,(H2,14,16)(H,17,20). The molecule has 0 unspecified atom stereocenters. The van der Waals surface area contributed by atoms with E-state index in [4.69, 9.17) is 17.3 Å². The maximum Gasteiger partial charge on any atom is 0.333 e. The zero-order valence-electron chi connectivity index (χ0n) is 9.72. The smallest absolute Gasteiger partial charge is 0.333 e. The van der Waals surface area contributed by atoms with E-state index in [2.05, 4.69) is 15.1 Å². The molecule has 0 aliphatic carbocycles. The summed E-state index contributed by atoms with van der Waals surface area (Å²) in [6, 6.07) is 1.38. The molecule has 0 atom stereocenters. The van der Waals surface area contributed by atoms with Crippen LogP contribution in [-0.4, -0.2) is 24.3 Å². The van der Waals surface area contributed by atoms with Crippen LogP contribution in [0, 0.1) is 0 Å². The molecule has 3 heterocycles. The highest BCUT2D eigenvalue weighted by Gasteiger charge is 2.16. The summed E-state index contributed by atoms with van der Waals surface area (Å²) in [6.07, 6.45) is 2.15. The minimum absolute atomic E-state index is 0.0870. The van der Waals surface area contributed by atoms with Crippen molar-refractivity contribution < 1.29 is 8.78 Å². The SMILES string of the molecule is Nc1cc(Cl)nc2c1[nH]c(=O)n2-c1cnn(C(F)F)c1. The first kappa shape index (κ1) is 12.6. The van der Waals surface area contributed by atoms with Gasteiger partial charge in [0.15, 0.2) is 5.65 Å². The zero-order valence-corrected chi connectivity index (χ0v) is 10.5. The Morgan fingerprint density at radius 1 is 1.45 bits per heavy atom. The Kier molecular flexibility index (Phi) is 2.71. The molecule has 3 N–H and O–H groups in total. The van der Waals surface area contributed by atoms with Crippen molar-refractivity contribution in [1.82, 2.24) is 24.3 Å². The third-order valence-corrected chi connectivity index (χ3v) is 2.89. The fourth-order valence-electron chi connectivity index (χ4n) is 1.86. The van der Waals surface area contributed by atoms with Gasteiger partial charge in [-0.1, -0.05) is 11.6 Å². The molecule has 0 saturated heterocycles. The summed E-state index contributed by atoms with van der Waals surface area (Å²) in [7, 11) is 0. The van der Waals surface area contributed by atoms with Gasteiger partial charge in [0.05, 0.1) is 23.8 Å². The minimum atomic E-state index is -2.80. The summed E-state index contributed by atoms with van der Waals surface area (Å²) in [6.45, 7) is -2.80. The molecule has 0 spiro atoms. The van der Waals surface area contributed by atoms with Crippen LogP contribution in [0.2, 0.25) is 5.15 Å². The molecule has 3 rings (SSSR count). The Morgan fingerprint density at radius 3 is 2.85 bits per heavy atom. The molecular weight excluding hydrogens is 294 g/mol. The zero-order chi connectivity index (χ0) is 14.4. The van der Waals surface area contributed by atoms with Crippen molar-refractivity contribution in [2.45, 2.75) is 6.55 Å². The molecule has 10 heteroatoms. The Morgan fingerprint density at radius 2 is 2.20 bits per heavy atom. The normalized spacial score (nSPS) is 11.6. The number of nitrogens with zero attached hydrogens (tertiary/aromatic N) is 4. The number of aromatic nitrogens is 5. The van der Waals surface area contributed by atoms with E-state index in [0.717, 1.165) is 17.0 Å². The fourth-order valence-corrected chi connectivity index (χ4v) is 2.06. The number of nitrogens with two attached hydrogens (primary N) is 1. The largest absolute Gasteiger partial charge is 0.397 e. The minimum Gasteiger partial charge on any atom is -0.397 e. The van der Waals surface area contributed by atoms with Gasteiger partial charge in [0.2, 0.25) is 0 Å². The number of anilines is 1. The van der Waals surface area contributed by atoms with Crippen molar-refractivity contribution in [3.8, 4) is 5.69 Å². The second-order valence-corrected chi connectivity index (χ2v) is 4.34. The third-order valence-electron chi connectivity index (χ3n) is 2.69. The molecule has 0 saturated carbocycles. The number of nitrogens with one attached hydrogen (secondary N) is 1. The lowest BCUT2D eigenvalue weighted by Gasteiger charge is -2.00. The van der Waals surface area contributed by atoms with E-state index in [1.807, 2.05) is 0 Å². The van der Waals surface area contributed by atoms with Gasteiger partial charge in [-0.05, 0) is 0 Å². The van der Waals surface area contributed by atoms with E-state index in [-0.39, 0.29) is 27.7 Å². The van der Waals surface area contributed by atoms with Crippen molar-refractivity contribution in [2.24, 2.45) is 0 Å². The Labute approximate surface area is 114 Å². The predicted molar refractivity (Wildman–Crippen MR) is 68.2 cm³/mol. The van der Waals surface area contributed by atoms with E-state index < -0.39 is 12.2 Å². The number of hydrogen-bond donors (Lipinski definition) is 2. The first-order chi connectivity index (χ1) is 9.47. The van der Waals surface area contributed by atoms with Gasteiger partial charge >= 0.3 is 12.2 Å². The Hall–Kier alpha value is -2.42. The van der Waals surface area contributed by atoms with Gasteiger partial charge in [0, 0.05) is 6.07 Å². The quantitative estimate of drug-likeness (QED) is 0.702. The average Bonchev–Trinajstić information content (AvgIpc) is 2.93. The van der Waals surface area contributed by atoms with Gasteiger partial charge < -0.3 is 10.7 Å². The van der Waals surface area contributed by atoms with Gasteiger partial charge in [-0.15, -0.1) is 0 Å². The van der Waals surface area contributed by atoms with Gasteiger partial charge in [-0.3, -0.25) is 0 Å². The average molecular weight is 301 g/mol. The van der Waals surface area contributed by atoms with Crippen LogP contribution in [0.25, 0.3) is 16.9 Å². The van der Waals surface area contributed by atoms with Crippen molar-refractivity contribution in [2.75, 3.05) is 5.73 Å². The maximum absolute atomic E-state index is 12.5. The van der Waals surface area contributed by atoms with Gasteiger partial charge in [0.1, 0.15) is 10.7 Å². The van der Waals surface area contributed by atoms with Crippen molar-refractivity contribution in [3.05, 3.63) is 34.1 Å². The highest BCUT2D eigenvalue weighted by Crippen LogP contribution is 2.22. The van der Waals surface area contributed by atoms with Crippen LogP contribution in [0.3, 0.4) is 0 Å². The number of aromatic amines is 1. The summed E-state index contributed by atoms with van der Waals surface area (Å²) in [5.74, 6) is 0. The highest BCUT2D eigenvalue weighted by atomic mass is 35.5. The number of nitrogen functional groups attached to an aromatic ring is 1. The van der Waals surface area contributed by atoms with Crippen LogP contribution in [-0.2, 0) is 0 Å². The molecule has 0 radical (unpaired) electrons. The number of imidazole rings is 1. The molecular formula is C10H7ClF2N6O. The molecule has 104 valence electrons. The first-order valence-electron chi connectivity index (χ1n) is 5.37. The number of alkyl halides is 2. The second-order valence-electron chi connectivity index (χ2n) is 3.95. The molecule has 3 aromatic heterocycles. The lowest BCUT2D eigenvalue weighted by molar-refractivity contribution is 0.0566. The second kappa shape index (κ2) is 4.30. The lowest BCUT2D eigenvalue weighted by Crippen LogP contribution is -2.14. The monoisotopic (exact) mass is 300 g/mol. The van der Waals surface area contributed by atoms with Crippen LogP contribution in [0.15, 0.2) is 23.3 Å². The van der Waals surface area contributed by atoms with Crippen LogP contribution < -0.4 is 11.4 Å². The molecule has 7 nitrogen and oxygen atoms in total. The molecule has 0 aliphatic rings. The van der Waals surface area contributed by atoms with Crippen LogP contribution in [0.1, 0.15) is 6.55 Å². The van der Waals surface area contributed by atoms with Crippen LogP contribution in [0.4, 0.5) is 14.5 Å². The maximum atomic E-state index is 12.5. The van der Waals surface area contributed by atoms with Gasteiger partial charge in [-0.2, -0.15) is 13.9 Å². The van der Waals surface area contributed by atoms with Crippen molar-refractivity contribution in [1.29, 1.82) is 0 Å². The molecule has 0 aliphatic heterocycles. The summed E-state index contributed by atoms with van der Waals surface area (Å²) in [5.41, 5.74) is 5.95. The first-order valence-corrected chi connectivity index (χ1v) is 5.74. The van der Waals surface area contributed by atoms with Crippen molar-refractivity contribution in [3.63, 3.8) is 0 Å². The van der Waals surface area contributed by atoms with E-state index in [9.17, 15) is 13.6 Å². The van der Waals surface area contributed by atoms with Gasteiger partial charge in [-0.25, -0.2) is 19.0 Å². The highest BCUT2D eigenvalue weighted by molar-refractivity contribution is 6.30. The molecule has 0 amide bonds. The molecule has 20 heavy (non-hydrogen) atoms. The Bertz CT molecular complexity index is 851.